The maximum atomic E-state index is 11.8. The summed E-state index contributed by atoms with van der Waals surface area (Å²) in [5, 5.41) is 15.0. The molecule has 1 aliphatic carbocycles. The zero-order valence-electron chi connectivity index (χ0n) is 10.9. The molecule has 3 N–H and O–H groups in total. The summed E-state index contributed by atoms with van der Waals surface area (Å²) in [5.41, 5.74) is 1.80. The first kappa shape index (κ1) is 13.6. The van der Waals surface area contributed by atoms with Gasteiger partial charge in [0.1, 0.15) is 0 Å². The number of hydrogen-bond donors (Lipinski definition) is 3. The Morgan fingerprint density at radius 3 is 2.74 bits per heavy atom. The van der Waals surface area contributed by atoms with Gasteiger partial charge in [-0.05, 0) is 30.4 Å². The number of aliphatic hydroxyl groups is 1. The molecule has 4 heteroatoms. The standard InChI is InChI=1S/C15H20N2O2/c18-11-13-7-5-4-6-12(13)10-16-15(19)17-14-8-2-1-3-9-14/h1-2,4-7,14,18H,3,8-11H2,(H2,16,17,19). The van der Waals surface area contributed by atoms with Crippen molar-refractivity contribution in [2.24, 2.45) is 0 Å². The molecule has 0 fully saturated rings. The number of aliphatic hydroxyl groups excluding tert-OH is 1. The molecule has 0 spiro atoms. The summed E-state index contributed by atoms with van der Waals surface area (Å²) in [4.78, 5) is 11.8. The lowest BCUT2D eigenvalue weighted by molar-refractivity contribution is 0.235. The molecule has 4 nitrogen and oxygen atoms in total. The van der Waals surface area contributed by atoms with Gasteiger partial charge in [-0.15, -0.1) is 0 Å². The molecule has 0 saturated carbocycles. The summed E-state index contributed by atoms with van der Waals surface area (Å²) in [5.74, 6) is 0. The number of rotatable bonds is 4. The average Bonchev–Trinajstić information content (AvgIpc) is 2.46. The quantitative estimate of drug-likeness (QED) is 0.726. The van der Waals surface area contributed by atoms with Gasteiger partial charge in [0.05, 0.1) is 6.61 Å². The molecule has 2 rings (SSSR count). The number of nitrogens with one attached hydrogen (secondary N) is 2. The predicted octanol–water partition coefficient (Wildman–Crippen LogP) is 2.09. The minimum atomic E-state index is -0.145. The molecular weight excluding hydrogens is 240 g/mol. The number of amides is 2. The SMILES string of the molecule is O=C(NCc1ccccc1CO)NC1CC=CCC1. The van der Waals surface area contributed by atoms with E-state index < -0.39 is 0 Å². The van der Waals surface area contributed by atoms with E-state index in [9.17, 15) is 9.90 Å². The minimum Gasteiger partial charge on any atom is -0.392 e. The van der Waals surface area contributed by atoms with Gasteiger partial charge in [-0.3, -0.25) is 0 Å². The highest BCUT2D eigenvalue weighted by Gasteiger charge is 2.12. The minimum absolute atomic E-state index is 0.00705. The van der Waals surface area contributed by atoms with Gasteiger partial charge in [-0.2, -0.15) is 0 Å². The maximum Gasteiger partial charge on any atom is 0.315 e. The summed E-state index contributed by atoms with van der Waals surface area (Å²) in [6, 6.07) is 7.64. The Kier molecular flexibility index (Phi) is 4.98. The summed E-state index contributed by atoms with van der Waals surface area (Å²) in [6.07, 6.45) is 7.18. The molecule has 0 heterocycles. The number of carbonyl (C=O) groups is 1. The van der Waals surface area contributed by atoms with Gasteiger partial charge in [-0.25, -0.2) is 4.79 Å². The molecule has 0 radical (unpaired) electrons. The summed E-state index contributed by atoms with van der Waals surface area (Å²) in [7, 11) is 0. The van der Waals surface area contributed by atoms with Gasteiger partial charge in [-0.1, -0.05) is 36.4 Å². The van der Waals surface area contributed by atoms with Crippen LogP contribution >= 0.6 is 0 Å². The van der Waals surface area contributed by atoms with E-state index in [0.29, 0.717) is 6.54 Å². The van der Waals surface area contributed by atoms with E-state index in [1.165, 1.54) is 0 Å². The highest BCUT2D eigenvalue weighted by molar-refractivity contribution is 5.74. The molecule has 1 unspecified atom stereocenters. The van der Waals surface area contributed by atoms with Crippen molar-refractivity contribution in [1.82, 2.24) is 10.6 Å². The second-order valence-electron chi connectivity index (χ2n) is 4.74. The molecule has 102 valence electrons. The number of benzene rings is 1. The van der Waals surface area contributed by atoms with Gasteiger partial charge in [0.25, 0.3) is 0 Å². The Labute approximate surface area is 113 Å². The van der Waals surface area contributed by atoms with Crippen LogP contribution in [-0.2, 0) is 13.2 Å². The lowest BCUT2D eigenvalue weighted by Crippen LogP contribution is -2.42. The first-order chi connectivity index (χ1) is 9.29. The monoisotopic (exact) mass is 260 g/mol. The number of urea groups is 1. The molecule has 0 bridgehead atoms. The first-order valence-electron chi connectivity index (χ1n) is 6.66. The van der Waals surface area contributed by atoms with E-state index in [0.717, 1.165) is 30.4 Å². The predicted molar refractivity (Wildman–Crippen MR) is 74.5 cm³/mol. The number of carbonyl (C=O) groups excluding carboxylic acids is 1. The van der Waals surface area contributed by atoms with E-state index in [1.54, 1.807) is 0 Å². The third kappa shape index (κ3) is 4.10. The van der Waals surface area contributed by atoms with Crippen LogP contribution in [0.5, 0.6) is 0 Å². The molecule has 19 heavy (non-hydrogen) atoms. The van der Waals surface area contributed by atoms with E-state index in [2.05, 4.69) is 22.8 Å². The summed E-state index contributed by atoms with van der Waals surface area (Å²) >= 11 is 0. The maximum absolute atomic E-state index is 11.8. The third-order valence-electron chi connectivity index (χ3n) is 3.33. The van der Waals surface area contributed by atoms with Crippen LogP contribution in [-0.4, -0.2) is 17.2 Å². The molecule has 0 saturated heterocycles. The van der Waals surface area contributed by atoms with Crippen LogP contribution in [0.15, 0.2) is 36.4 Å². The highest BCUT2D eigenvalue weighted by atomic mass is 16.3. The van der Waals surface area contributed by atoms with Crippen LogP contribution in [0.25, 0.3) is 0 Å². The first-order valence-corrected chi connectivity index (χ1v) is 6.66. The van der Waals surface area contributed by atoms with Gasteiger partial charge in [0, 0.05) is 12.6 Å². The Balaban J connectivity index is 1.81. The zero-order chi connectivity index (χ0) is 13.5. The van der Waals surface area contributed by atoms with Crippen molar-refractivity contribution in [3.8, 4) is 0 Å². The molecule has 1 aromatic carbocycles. The number of hydrogen-bond acceptors (Lipinski definition) is 2. The topological polar surface area (TPSA) is 61.4 Å². The fraction of sp³-hybridized carbons (Fsp3) is 0.400. The second-order valence-corrected chi connectivity index (χ2v) is 4.74. The van der Waals surface area contributed by atoms with Crippen LogP contribution in [0.3, 0.4) is 0 Å². The Bertz CT molecular complexity index is 457. The lowest BCUT2D eigenvalue weighted by atomic mass is 10.0. The van der Waals surface area contributed by atoms with E-state index >= 15 is 0 Å². The van der Waals surface area contributed by atoms with Crippen LogP contribution in [0.2, 0.25) is 0 Å². The second kappa shape index (κ2) is 6.95. The lowest BCUT2D eigenvalue weighted by Gasteiger charge is -2.19. The molecule has 1 aromatic rings. The molecule has 0 aliphatic heterocycles. The van der Waals surface area contributed by atoms with Crippen LogP contribution in [0, 0.1) is 0 Å². The Morgan fingerprint density at radius 1 is 1.26 bits per heavy atom. The van der Waals surface area contributed by atoms with Crippen molar-refractivity contribution < 1.29 is 9.90 Å². The number of allylic oxidation sites excluding steroid dienone is 1. The molecule has 1 atom stereocenters. The largest absolute Gasteiger partial charge is 0.392 e. The van der Waals surface area contributed by atoms with Crippen molar-refractivity contribution in [3.63, 3.8) is 0 Å². The van der Waals surface area contributed by atoms with Gasteiger partial charge in [0.15, 0.2) is 0 Å². The van der Waals surface area contributed by atoms with Crippen molar-refractivity contribution in [1.29, 1.82) is 0 Å². The summed E-state index contributed by atoms with van der Waals surface area (Å²) < 4.78 is 0. The molecular formula is C15H20N2O2. The molecule has 1 aliphatic rings. The van der Waals surface area contributed by atoms with Crippen molar-refractivity contribution in [2.75, 3.05) is 0 Å². The fourth-order valence-corrected chi connectivity index (χ4v) is 2.22. The zero-order valence-corrected chi connectivity index (χ0v) is 10.9. The Hall–Kier alpha value is -1.81. The van der Waals surface area contributed by atoms with E-state index in [1.807, 2.05) is 24.3 Å². The normalized spacial score (nSPS) is 18.1. The van der Waals surface area contributed by atoms with Gasteiger partial charge in [0.2, 0.25) is 0 Å². The van der Waals surface area contributed by atoms with Gasteiger partial charge < -0.3 is 15.7 Å². The molecule has 0 aromatic heterocycles. The van der Waals surface area contributed by atoms with Crippen molar-refractivity contribution in [2.45, 2.75) is 38.5 Å². The summed E-state index contributed by atoms with van der Waals surface area (Å²) in [6.45, 7) is 0.429. The average molecular weight is 260 g/mol. The molecule has 2 amide bonds. The fourth-order valence-electron chi connectivity index (χ4n) is 2.22. The van der Waals surface area contributed by atoms with Crippen molar-refractivity contribution >= 4 is 6.03 Å². The smallest absolute Gasteiger partial charge is 0.315 e. The third-order valence-corrected chi connectivity index (χ3v) is 3.33. The van der Waals surface area contributed by atoms with Crippen molar-refractivity contribution in [3.05, 3.63) is 47.5 Å². The van der Waals surface area contributed by atoms with Crippen LogP contribution < -0.4 is 10.6 Å². The van der Waals surface area contributed by atoms with Crippen LogP contribution in [0.4, 0.5) is 4.79 Å². The van der Waals surface area contributed by atoms with Gasteiger partial charge >= 0.3 is 6.03 Å². The van der Waals surface area contributed by atoms with E-state index in [4.69, 9.17) is 0 Å². The van der Waals surface area contributed by atoms with Crippen LogP contribution in [0.1, 0.15) is 30.4 Å². The Morgan fingerprint density at radius 2 is 2.05 bits per heavy atom. The van der Waals surface area contributed by atoms with E-state index in [-0.39, 0.29) is 18.7 Å². The highest BCUT2D eigenvalue weighted by Crippen LogP contribution is 2.11.